The molecular weight excluding hydrogens is 346 g/mol. The molecule has 1 aromatic heterocycles. The van der Waals surface area contributed by atoms with Crippen molar-refractivity contribution in [2.24, 2.45) is 0 Å². The van der Waals surface area contributed by atoms with Crippen LogP contribution in [-0.4, -0.2) is 29.4 Å². The van der Waals surface area contributed by atoms with E-state index in [2.05, 4.69) is 53.3 Å². The van der Waals surface area contributed by atoms with Gasteiger partial charge in [0.2, 0.25) is 5.16 Å². The van der Waals surface area contributed by atoms with Crippen molar-refractivity contribution in [1.82, 2.24) is 15.2 Å². The second-order valence-corrected chi connectivity index (χ2v) is 6.88. The number of hydrogen-bond donors (Lipinski definition) is 1. The lowest BCUT2D eigenvalue weighted by Crippen LogP contribution is -1.95. The Balaban J connectivity index is 1.72. The standard InChI is InChI=1S/C20H23N3O2S/c1-5-14-6-8-15(9-7-14)19-21-20(23-22-19)26-12-16-11-18(25-4)17(24-3)10-13(16)2/h6-11H,5,12H2,1-4H3,(H,21,22,23). The topological polar surface area (TPSA) is 60.0 Å². The Morgan fingerprint density at radius 3 is 2.38 bits per heavy atom. The molecule has 0 spiro atoms. The molecule has 0 amide bonds. The lowest BCUT2D eigenvalue weighted by Gasteiger charge is -2.12. The number of hydrogen-bond acceptors (Lipinski definition) is 5. The Morgan fingerprint density at radius 2 is 1.73 bits per heavy atom. The van der Waals surface area contributed by atoms with Crippen LogP contribution in [0.2, 0.25) is 0 Å². The molecule has 6 heteroatoms. The summed E-state index contributed by atoms with van der Waals surface area (Å²) in [6.07, 6.45) is 1.03. The molecule has 0 aliphatic heterocycles. The number of H-pyrrole nitrogens is 1. The fourth-order valence-corrected chi connectivity index (χ4v) is 3.52. The summed E-state index contributed by atoms with van der Waals surface area (Å²) in [5, 5.41) is 8.08. The lowest BCUT2D eigenvalue weighted by atomic mass is 10.1. The van der Waals surface area contributed by atoms with Crippen molar-refractivity contribution in [1.29, 1.82) is 0 Å². The molecule has 5 nitrogen and oxygen atoms in total. The zero-order valence-electron chi connectivity index (χ0n) is 15.5. The average molecular weight is 369 g/mol. The van der Waals surface area contributed by atoms with E-state index in [0.717, 1.165) is 45.8 Å². The maximum Gasteiger partial charge on any atom is 0.209 e. The first kappa shape index (κ1) is 18.3. The Hall–Kier alpha value is -2.47. The van der Waals surface area contributed by atoms with E-state index in [-0.39, 0.29) is 0 Å². The predicted molar refractivity (Wildman–Crippen MR) is 105 cm³/mol. The highest BCUT2D eigenvalue weighted by Crippen LogP contribution is 2.33. The van der Waals surface area contributed by atoms with E-state index in [1.807, 2.05) is 12.1 Å². The first-order valence-electron chi connectivity index (χ1n) is 8.50. The van der Waals surface area contributed by atoms with Crippen molar-refractivity contribution in [3.63, 3.8) is 0 Å². The molecule has 0 fully saturated rings. The molecule has 0 radical (unpaired) electrons. The van der Waals surface area contributed by atoms with Crippen LogP contribution in [0.4, 0.5) is 0 Å². The van der Waals surface area contributed by atoms with Crippen LogP contribution in [0.3, 0.4) is 0 Å². The summed E-state index contributed by atoms with van der Waals surface area (Å²) in [6.45, 7) is 4.21. The van der Waals surface area contributed by atoms with Gasteiger partial charge in [0.25, 0.3) is 0 Å². The summed E-state index contributed by atoms with van der Waals surface area (Å²) >= 11 is 1.59. The molecule has 0 bridgehead atoms. The molecule has 0 atom stereocenters. The minimum absolute atomic E-state index is 0.730. The zero-order chi connectivity index (χ0) is 18.5. The van der Waals surface area contributed by atoms with Crippen LogP contribution in [0.5, 0.6) is 11.5 Å². The molecule has 3 aromatic rings. The van der Waals surface area contributed by atoms with E-state index in [0.29, 0.717) is 0 Å². The van der Waals surface area contributed by atoms with E-state index in [9.17, 15) is 0 Å². The number of nitrogens with one attached hydrogen (secondary N) is 1. The zero-order valence-corrected chi connectivity index (χ0v) is 16.3. The summed E-state index contributed by atoms with van der Waals surface area (Å²) in [7, 11) is 3.30. The Labute approximate surface area is 158 Å². The fourth-order valence-electron chi connectivity index (χ4n) is 2.66. The third-order valence-corrected chi connectivity index (χ3v) is 5.20. The monoisotopic (exact) mass is 369 g/mol. The number of thioether (sulfide) groups is 1. The minimum Gasteiger partial charge on any atom is -0.493 e. The van der Waals surface area contributed by atoms with Gasteiger partial charge in [-0.3, -0.25) is 5.10 Å². The van der Waals surface area contributed by atoms with Gasteiger partial charge in [0.05, 0.1) is 14.2 Å². The quantitative estimate of drug-likeness (QED) is 0.614. The van der Waals surface area contributed by atoms with Crippen molar-refractivity contribution < 1.29 is 9.47 Å². The molecule has 3 rings (SSSR count). The summed E-state index contributed by atoms with van der Waals surface area (Å²) in [4.78, 5) is 4.60. The number of ether oxygens (including phenoxy) is 2. The average Bonchev–Trinajstić information content (AvgIpc) is 3.15. The molecule has 136 valence electrons. The van der Waals surface area contributed by atoms with Gasteiger partial charge in [0.1, 0.15) is 0 Å². The number of nitrogens with zero attached hydrogens (tertiary/aromatic N) is 2. The van der Waals surface area contributed by atoms with Crippen molar-refractivity contribution in [3.8, 4) is 22.9 Å². The highest BCUT2D eigenvalue weighted by molar-refractivity contribution is 7.98. The van der Waals surface area contributed by atoms with Crippen molar-refractivity contribution in [2.75, 3.05) is 14.2 Å². The Kier molecular flexibility index (Phi) is 5.83. The molecule has 2 aromatic carbocycles. The summed E-state index contributed by atoms with van der Waals surface area (Å²) in [6, 6.07) is 12.4. The summed E-state index contributed by atoms with van der Waals surface area (Å²) in [5.74, 6) is 3.03. The van der Waals surface area contributed by atoms with E-state index in [1.54, 1.807) is 26.0 Å². The van der Waals surface area contributed by atoms with Gasteiger partial charge in [-0.25, -0.2) is 4.98 Å². The molecule has 26 heavy (non-hydrogen) atoms. The smallest absolute Gasteiger partial charge is 0.209 e. The minimum atomic E-state index is 0.730. The Bertz CT molecular complexity index is 875. The molecule has 0 aliphatic carbocycles. The Morgan fingerprint density at radius 1 is 1.04 bits per heavy atom. The number of benzene rings is 2. The molecule has 1 heterocycles. The van der Waals surface area contributed by atoms with Crippen LogP contribution in [0.25, 0.3) is 11.4 Å². The highest BCUT2D eigenvalue weighted by atomic mass is 32.2. The predicted octanol–water partition coefficient (Wildman–Crippen LogP) is 4.65. The van der Waals surface area contributed by atoms with Gasteiger partial charge in [-0.2, -0.15) is 0 Å². The molecule has 1 N–H and O–H groups in total. The number of aromatic amines is 1. The summed E-state index contributed by atoms with van der Waals surface area (Å²) in [5.41, 5.74) is 4.68. The number of methoxy groups -OCH3 is 2. The van der Waals surface area contributed by atoms with Gasteiger partial charge in [-0.05, 0) is 42.2 Å². The van der Waals surface area contributed by atoms with Gasteiger partial charge in [-0.15, -0.1) is 5.10 Å². The summed E-state index contributed by atoms with van der Waals surface area (Å²) < 4.78 is 10.7. The SMILES string of the molecule is CCc1ccc(-c2nc(SCc3cc(OC)c(OC)cc3C)n[nH]2)cc1. The lowest BCUT2D eigenvalue weighted by molar-refractivity contribution is 0.354. The molecule has 0 saturated carbocycles. The van der Waals surface area contributed by atoms with Crippen LogP contribution in [0.15, 0.2) is 41.6 Å². The van der Waals surface area contributed by atoms with Crippen molar-refractivity contribution >= 4 is 11.8 Å². The van der Waals surface area contributed by atoms with Crippen LogP contribution in [-0.2, 0) is 12.2 Å². The van der Waals surface area contributed by atoms with Gasteiger partial charge < -0.3 is 9.47 Å². The van der Waals surface area contributed by atoms with Crippen LogP contribution in [0.1, 0.15) is 23.6 Å². The normalized spacial score (nSPS) is 10.8. The van der Waals surface area contributed by atoms with Crippen LogP contribution >= 0.6 is 11.8 Å². The first-order chi connectivity index (χ1) is 12.6. The number of aryl methyl sites for hydroxylation is 2. The maximum atomic E-state index is 5.39. The van der Waals surface area contributed by atoms with Gasteiger partial charge in [0, 0.05) is 11.3 Å². The second kappa shape index (κ2) is 8.27. The maximum absolute atomic E-state index is 5.39. The van der Waals surface area contributed by atoms with Gasteiger partial charge in [0.15, 0.2) is 17.3 Å². The number of aromatic nitrogens is 3. The van der Waals surface area contributed by atoms with Gasteiger partial charge in [-0.1, -0.05) is 43.0 Å². The van der Waals surface area contributed by atoms with E-state index >= 15 is 0 Å². The molecule has 0 aliphatic rings. The van der Waals surface area contributed by atoms with Crippen LogP contribution < -0.4 is 9.47 Å². The van der Waals surface area contributed by atoms with Crippen molar-refractivity contribution in [3.05, 3.63) is 53.1 Å². The third kappa shape index (κ3) is 4.02. The van der Waals surface area contributed by atoms with E-state index in [1.165, 1.54) is 11.1 Å². The molecular formula is C20H23N3O2S. The fraction of sp³-hybridized carbons (Fsp3) is 0.300. The van der Waals surface area contributed by atoms with Crippen molar-refractivity contribution in [2.45, 2.75) is 31.2 Å². The highest BCUT2D eigenvalue weighted by Gasteiger charge is 2.11. The number of rotatable bonds is 7. The van der Waals surface area contributed by atoms with E-state index in [4.69, 9.17) is 9.47 Å². The third-order valence-electron chi connectivity index (χ3n) is 4.30. The largest absolute Gasteiger partial charge is 0.493 e. The molecule has 0 unspecified atom stereocenters. The second-order valence-electron chi connectivity index (χ2n) is 5.94. The van der Waals surface area contributed by atoms with Gasteiger partial charge >= 0.3 is 0 Å². The van der Waals surface area contributed by atoms with E-state index < -0.39 is 0 Å². The first-order valence-corrected chi connectivity index (χ1v) is 9.49. The van der Waals surface area contributed by atoms with Crippen LogP contribution in [0, 0.1) is 6.92 Å². The molecule has 0 saturated heterocycles.